The molecule has 88 valence electrons. The molecule has 17 heavy (non-hydrogen) atoms. The first kappa shape index (κ1) is 12.6. The average molecular weight is 312 g/mol. The zero-order chi connectivity index (χ0) is 12.4. The molecule has 0 fully saturated rings. The summed E-state index contributed by atoms with van der Waals surface area (Å²) in [7, 11) is 0. The molecule has 0 aliphatic carbocycles. The van der Waals surface area contributed by atoms with E-state index in [0.717, 1.165) is 21.2 Å². The fourth-order valence-corrected chi connectivity index (χ4v) is 2.35. The van der Waals surface area contributed by atoms with Crippen LogP contribution in [0.5, 0.6) is 0 Å². The SMILES string of the molecule is Cc1ccc([C@H](O)c2ccccc2Br)cc1Cl. The number of rotatable bonds is 2. The van der Waals surface area contributed by atoms with Gasteiger partial charge in [-0.1, -0.05) is 57.9 Å². The van der Waals surface area contributed by atoms with Crippen molar-refractivity contribution < 1.29 is 5.11 Å². The highest BCUT2D eigenvalue weighted by Crippen LogP contribution is 2.30. The zero-order valence-corrected chi connectivity index (χ0v) is 11.7. The van der Waals surface area contributed by atoms with Crippen molar-refractivity contribution in [3.63, 3.8) is 0 Å². The second-order valence-electron chi connectivity index (χ2n) is 3.93. The van der Waals surface area contributed by atoms with Gasteiger partial charge in [0.1, 0.15) is 6.10 Å². The first-order valence-corrected chi connectivity index (χ1v) is 6.45. The molecule has 0 aliphatic rings. The number of hydrogen-bond donors (Lipinski definition) is 1. The van der Waals surface area contributed by atoms with E-state index >= 15 is 0 Å². The van der Waals surface area contributed by atoms with Gasteiger partial charge >= 0.3 is 0 Å². The van der Waals surface area contributed by atoms with Crippen LogP contribution in [0.1, 0.15) is 22.8 Å². The van der Waals surface area contributed by atoms with Gasteiger partial charge in [0.05, 0.1) is 0 Å². The van der Waals surface area contributed by atoms with E-state index in [0.29, 0.717) is 5.02 Å². The van der Waals surface area contributed by atoms with Gasteiger partial charge < -0.3 is 5.11 Å². The molecule has 0 aromatic heterocycles. The van der Waals surface area contributed by atoms with E-state index in [1.165, 1.54) is 0 Å². The van der Waals surface area contributed by atoms with Crippen LogP contribution >= 0.6 is 27.5 Å². The minimum Gasteiger partial charge on any atom is -0.384 e. The molecule has 1 atom stereocenters. The number of hydrogen-bond acceptors (Lipinski definition) is 1. The summed E-state index contributed by atoms with van der Waals surface area (Å²) in [5, 5.41) is 11.0. The number of aliphatic hydroxyl groups is 1. The molecule has 0 heterocycles. The zero-order valence-electron chi connectivity index (χ0n) is 9.32. The third-order valence-corrected chi connectivity index (χ3v) is 3.84. The number of aryl methyl sites for hydroxylation is 1. The van der Waals surface area contributed by atoms with E-state index in [1.807, 2.05) is 43.3 Å². The van der Waals surface area contributed by atoms with Crippen molar-refractivity contribution in [2.45, 2.75) is 13.0 Å². The summed E-state index contributed by atoms with van der Waals surface area (Å²) in [6, 6.07) is 13.2. The van der Waals surface area contributed by atoms with Crippen LogP contribution in [0.3, 0.4) is 0 Å². The van der Waals surface area contributed by atoms with Crippen LogP contribution in [0.25, 0.3) is 0 Å². The number of benzene rings is 2. The molecule has 0 radical (unpaired) electrons. The van der Waals surface area contributed by atoms with Gasteiger partial charge in [0.2, 0.25) is 0 Å². The molecule has 2 aromatic carbocycles. The summed E-state index contributed by atoms with van der Waals surface area (Å²) in [6.07, 6.45) is -0.663. The van der Waals surface area contributed by atoms with E-state index in [1.54, 1.807) is 6.07 Å². The van der Waals surface area contributed by atoms with E-state index in [4.69, 9.17) is 11.6 Å². The van der Waals surface area contributed by atoms with Crippen LogP contribution in [0.15, 0.2) is 46.9 Å². The Labute approximate surface area is 114 Å². The monoisotopic (exact) mass is 310 g/mol. The fraction of sp³-hybridized carbons (Fsp3) is 0.143. The molecule has 0 amide bonds. The van der Waals surface area contributed by atoms with Crippen molar-refractivity contribution in [2.75, 3.05) is 0 Å². The molecule has 2 rings (SSSR count). The Balaban J connectivity index is 2.40. The molecular formula is C14H12BrClO. The third-order valence-electron chi connectivity index (χ3n) is 2.71. The van der Waals surface area contributed by atoms with Gasteiger partial charge in [0.15, 0.2) is 0 Å². The maximum atomic E-state index is 10.3. The normalized spacial score (nSPS) is 12.5. The highest BCUT2D eigenvalue weighted by molar-refractivity contribution is 9.10. The molecule has 1 N–H and O–H groups in total. The lowest BCUT2D eigenvalue weighted by Crippen LogP contribution is -2.00. The van der Waals surface area contributed by atoms with Gasteiger partial charge in [-0.3, -0.25) is 0 Å². The van der Waals surface area contributed by atoms with Crippen LogP contribution in [0.4, 0.5) is 0 Å². The third kappa shape index (κ3) is 2.71. The van der Waals surface area contributed by atoms with Crippen LogP contribution < -0.4 is 0 Å². The summed E-state index contributed by atoms with van der Waals surface area (Å²) in [6.45, 7) is 1.94. The topological polar surface area (TPSA) is 20.2 Å². The predicted octanol–water partition coefficient (Wildman–Crippen LogP) is 4.49. The predicted molar refractivity (Wildman–Crippen MR) is 74.4 cm³/mol. The summed E-state index contributed by atoms with van der Waals surface area (Å²) in [5.74, 6) is 0. The highest BCUT2D eigenvalue weighted by Gasteiger charge is 2.13. The van der Waals surface area contributed by atoms with Crippen molar-refractivity contribution >= 4 is 27.5 Å². The molecule has 0 saturated heterocycles. The van der Waals surface area contributed by atoms with Crippen molar-refractivity contribution in [1.82, 2.24) is 0 Å². The van der Waals surface area contributed by atoms with Gasteiger partial charge in [0, 0.05) is 9.50 Å². The smallest absolute Gasteiger partial charge is 0.105 e. The van der Waals surface area contributed by atoms with Crippen molar-refractivity contribution in [2.24, 2.45) is 0 Å². The van der Waals surface area contributed by atoms with Gasteiger partial charge in [-0.15, -0.1) is 0 Å². The van der Waals surface area contributed by atoms with Crippen molar-refractivity contribution in [1.29, 1.82) is 0 Å². The molecule has 0 aliphatic heterocycles. The van der Waals surface area contributed by atoms with Gasteiger partial charge in [0.25, 0.3) is 0 Å². The minimum atomic E-state index is -0.663. The summed E-state index contributed by atoms with van der Waals surface area (Å²) in [4.78, 5) is 0. The summed E-state index contributed by atoms with van der Waals surface area (Å²) >= 11 is 9.50. The Hall–Kier alpha value is -0.830. The fourth-order valence-electron chi connectivity index (χ4n) is 1.66. The Morgan fingerprint density at radius 1 is 1.18 bits per heavy atom. The van der Waals surface area contributed by atoms with Crippen LogP contribution in [0.2, 0.25) is 5.02 Å². The lowest BCUT2D eigenvalue weighted by atomic mass is 10.0. The van der Waals surface area contributed by atoms with Gasteiger partial charge in [-0.2, -0.15) is 0 Å². The number of halogens is 2. The van der Waals surface area contributed by atoms with Crippen molar-refractivity contribution in [3.8, 4) is 0 Å². The summed E-state index contributed by atoms with van der Waals surface area (Å²) in [5.41, 5.74) is 2.65. The molecule has 0 bridgehead atoms. The van der Waals surface area contributed by atoms with Crippen LogP contribution in [-0.2, 0) is 0 Å². The second-order valence-corrected chi connectivity index (χ2v) is 5.19. The van der Waals surface area contributed by atoms with E-state index in [9.17, 15) is 5.11 Å². The molecular weight excluding hydrogens is 300 g/mol. The highest BCUT2D eigenvalue weighted by atomic mass is 79.9. The first-order valence-electron chi connectivity index (χ1n) is 5.28. The molecule has 0 saturated carbocycles. The molecule has 2 aromatic rings. The molecule has 0 unspecified atom stereocenters. The van der Waals surface area contributed by atoms with E-state index in [-0.39, 0.29) is 0 Å². The Morgan fingerprint density at radius 2 is 1.88 bits per heavy atom. The van der Waals surface area contributed by atoms with Crippen molar-refractivity contribution in [3.05, 3.63) is 68.7 Å². The number of aliphatic hydroxyl groups excluding tert-OH is 1. The standard InChI is InChI=1S/C14H12BrClO/c1-9-6-7-10(8-13(9)16)14(17)11-4-2-3-5-12(11)15/h2-8,14,17H,1H3/t14-/m0/s1. The molecule has 3 heteroatoms. The lowest BCUT2D eigenvalue weighted by Gasteiger charge is -2.14. The molecule has 0 spiro atoms. The average Bonchev–Trinajstić information content (AvgIpc) is 2.32. The second kappa shape index (κ2) is 5.21. The largest absolute Gasteiger partial charge is 0.384 e. The minimum absolute atomic E-state index is 0.663. The van der Waals surface area contributed by atoms with Gasteiger partial charge in [-0.25, -0.2) is 0 Å². The van der Waals surface area contributed by atoms with Crippen LogP contribution in [-0.4, -0.2) is 5.11 Å². The van der Waals surface area contributed by atoms with E-state index < -0.39 is 6.10 Å². The Kier molecular flexibility index (Phi) is 3.87. The van der Waals surface area contributed by atoms with E-state index in [2.05, 4.69) is 15.9 Å². The lowest BCUT2D eigenvalue weighted by molar-refractivity contribution is 0.219. The Morgan fingerprint density at radius 3 is 2.53 bits per heavy atom. The maximum absolute atomic E-state index is 10.3. The summed E-state index contributed by atoms with van der Waals surface area (Å²) < 4.78 is 0.893. The Bertz CT molecular complexity index is 539. The molecule has 1 nitrogen and oxygen atoms in total. The maximum Gasteiger partial charge on any atom is 0.105 e. The van der Waals surface area contributed by atoms with Gasteiger partial charge in [-0.05, 0) is 35.7 Å². The quantitative estimate of drug-likeness (QED) is 0.866. The van der Waals surface area contributed by atoms with Crippen LogP contribution in [0, 0.1) is 6.92 Å². The first-order chi connectivity index (χ1) is 8.09.